The number of piperidine rings is 1. The van der Waals surface area contributed by atoms with Crippen LogP contribution in [0.2, 0.25) is 5.02 Å². The number of benzene rings is 6. The Labute approximate surface area is 311 Å². The van der Waals surface area contributed by atoms with E-state index in [1.165, 1.54) is 19.3 Å². The van der Waals surface area contributed by atoms with Crippen molar-refractivity contribution in [1.29, 1.82) is 0 Å². The van der Waals surface area contributed by atoms with Gasteiger partial charge in [-0.3, -0.25) is 9.80 Å². The van der Waals surface area contributed by atoms with Crippen molar-refractivity contribution in [3.8, 4) is 28.7 Å². The molecular formula is C44H47ClN2O5. The number of nitrogens with zero attached hydrogens (tertiary/aromatic N) is 2. The lowest BCUT2D eigenvalue weighted by molar-refractivity contribution is 0.183. The number of ether oxygens (including phenoxy) is 3. The Hall–Kier alpha value is -4.95. The number of fused-ring (bicyclic) bond motifs is 2. The van der Waals surface area contributed by atoms with Crippen molar-refractivity contribution >= 4 is 33.1 Å². The summed E-state index contributed by atoms with van der Waals surface area (Å²) in [6.07, 6.45) is 3.59. The van der Waals surface area contributed by atoms with E-state index in [9.17, 15) is 10.2 Å². The lowest BCUT2D eigenvalue weighted by atomic mass is 9.89. The van der Waals surface area contributed by atoms with Gasteiger partial charge in [-0.2, -0.15) is 0 Å². The number of hydrogen-bond acceptors (Lipinski definition) is 7. The van der Waals surface area contributed by atoms with Crippen LogP contribution in [0.3, 0.4) is 0 Å². The Bertz CT molecular complexity index is 2150. The number of phenolic OH excluding ortho intramolecular Hbond substituents is 2. The van der Waals surface area contributed by atoms with Crippen LogP contribution in [0.25, 0.3) is 21.5 Å². The highest BCUT2D eigenvalue weighted by atomic mass is 35.5. The largest absolute Gasteiger partial charge is 0.508 e. The number of methoxy groups -OCH3 is 3. The lowest BCUT2D eigenvalue weighted by Gasteiger charge is -2.36. The number of likely N-dealkylation sites (tertiary alicyclic amines) is 1. The highest BCUT2D eigenvalue weighted by molar-refractivity contribution is 6.35. The van der Waals surface area contributed by atoms with Crippen LogP contribution < -0.4 is 14.2 Å². The van der Waals surface area contributed by atoms with Crippen molar-refractivity contribution in [2.45, 2.75) is 31.3 Å². The van der Waals surface area contributed by atoms with E-state index in [0.29, 0.717) is 10.8 Å². The van der Waals surface area contributed by atoms with Gasteiger partial charge in [-0.15, -0.1) is 0 Å². The lowest BCUT2D eigenvalue weighted by Crippen LogP contribution is -2.34. The van der Waals surface area contributed by atoms with Crippen LogP contribution in [0, 0.1) is 0 Å². The second-order valence-corrected chi connectivity index (χ2v) is 13.7. The minimum atomic E-state index is -0.135. The highest BCUT2D eigenvalue weighted by Gasteiger charge is 2.30. The number of rotatable bonds is 9. The van der Waals surface area contributed by atoms with Crippen molar-refractivity contribution in [2.24, 2.45) is 0 Å². The molecule has 1 aliphatic heterocycles. The maximum atomic E-state index is 11.0. The molecule has 1 fully saturated rings. The predicted octanol–water partition coefficient (Wildman–Crippen LogP) is 10.00. The first-order valence-corrected chi connectivity index (χ1v) is 18.0. The molecule has 1 aliphatic rings. The summed E-state index contributed by atoms with van der Waals surface area (Å²) in [6.45, 7) is 2.00. The number of aromatic hydroxyl groups is 2. The zero-order chi connectivity index (χ0) is 36.8. The molecule has 1 heterocycles. The summed E-state index contributed by atoms with van der Waals surface area (Å²) in [4.78, 5) is 4.53. The molecule has 0 bridgehead atoms. The zero-order valence-electron chi connectivity index (χ0n) is 30.5. The third-order valence-electron chi connectivity index (χ3n) is 9.97. The van der Waals surface area contributed by atoms with E-state index in [1.54, 1.807) is 27.4 Å². The average Bonchev–Trinajstić information content (AvgIpc) is 3.18. The van der Waals surface area contributed by atoms with Crippen LogP contribution in [0.5, 0.6) is 28.7 Å². The smallest absolute Gasteiger partial charge is 0.128 e. The number of hydrogen-bond donors (Lipinski definition) is 2. The molecule has 0 amide bonds. The van der Waals surface area contributed by atoms with E-state index in [4.69, 9.17) is 25.8 Å². The second kappa shape index (κ2) is 16.6. The quantitative estimate of drug-likeness (QED) is 0.154. The molecule has 0 radical (unpaired) electrons. The van der Waals surface area contributed by atoms with Crippen LogP contribution in [0.1, 0.15) is 53.6 Å². The molecule has 2 unspecified atom stereocenters. The van der Waals surface area contributed by atoms with Crippen molar-refractivity contribution in [3.63, 3.8) is 0 Å². The van der Waals surface area contributed by atoms with Crippen molar-refractivity contribution in [1.82, 2.24) is 9.80 Å². The van der Waals surface area contributed by atoms with Gasteiger partial charge in [0, 0.05) is 38.0 Å². The number of halogens is 1. The minimum absolute atomic E-state index is 0.0766. The Morgan fingerprint density at radius 3 is 1.96 bits per heavy atom. The molecule has 7 rings (SSSR count). The molecule has 2 atom stereocenters. The summed E-state index contributed by atoms with van der Waals surface area (Å²) in [5.74, 6) is 2.98. The molecule has 52 heavy (non-hydrogen) atoms. The van der Waals surface area contributed by atoms with Gasteiger partial charge in [-0.25, -0.2) is 0 Å². The molecule has 1 saturated heterocycles. The highest BCUT2D eigenvalue weighted by Crippen LogP contribution is 2.44. The Morgan fingerprint density at radius 2 is 1.29 bits per heavy atom. The zero-order valence-corrected chi connectivity index (χ0v) is 31.2. The molecule has 270 valence electrons. The Kier molecular flexibility index (Phi) is 11.8. The fourth-order valence-electron chi connectivity index (χ4n) is 7.49. The molecule has 0 saturated carbocycles. The predicted molar refractivity (Wildman–Crippen MR) is 212 cm³/mol. The average molecular weight is 719 g/mol. The van der Waals surface area contributed by atoms with Gasteiger partial charge in [0.1, 0.15) is 28.7 Å². The van der Waals surface area contributed by atoms with E-state index >= 15 is 0 Å². The topological polar surface area (TPSA) is 74.6 Å². The van der Waals surface area contributed by atoms with E-state index in [0.717, 1.165) is 74.1 Å². The standard InChI is InChI=1S/C24H27NO3.C20H20ClNO2/c1-27-18-12-10-17-11-13-21(26)23(20(17)16-18)24(25-14-6-3-7-15-25)19-8-4-5-9-22(19)28-2;1-22(2)19(15-7-4-5-10-18(15)24-3)16-12-11-13-14(20(16)23)8-6-9-17(13)21/h4-5,8-13,16,24,26H,3,6-7,14-15H2,1-2H3;4-12,19,23H,1-3H3. The molecule has 2 N–H and O–H groups in total. The molecule has 0 aliphatic carbocycles. The first-order chi connectivity index (χ1) is 25.3. The monoisotopic (exact) mass is 718 g/mol. The maximum Gasteiger partial charge on any atom is 0.128 e. The second-order valence-electron chi connectivity index (χ2n) is 13.3. The Morgan fingerprint density at radius 1 is 0.635 bits per heavy atom. The van der Waals surface area contributed by atoms with Gasteiger partial charge < -0.3 is 24.4 Å². The first kappa shape index (κ1) is 36.8. The van der Waals surface area contributed by atoms with E-state index in [2.05, 4.69) is 15.9 Å². The maximum absolute atomic E-state index is 11.0. The van der Waals surface area contributed by atoms with Crippen LogP contribution in [0.15, 0.2) is 109 Å². The van der Waals surface area contributed by atoms with Crippen molar-refractivity contribution < 1.29 is 24.4 Å². The minimum Gasteiger partial charge on any atom is -0.508 e. The third-order valence-corrected chi connectivity index (χ3v) is 10.3. The van der Waals surface area contributed by atoms with Crippen LogP contribution in [-0.2, 0) is 0 Å². The molecule has 6 aromatic carbocycles. The number of para-hydroxylation sites is 2. The van der Waals surface area contributed by atoms with Crippen molar-refractivity contribution in [3.05, 3.63) is 136 Å². The fourth-order valence-corrected chi connectivity index (χ4v) is 7.72. The van der Waals surface area contributed by atoms with Crippen LogP contribution in [0.4, 0.5) is 0 Å². The normalized spacial score (nSPS) is 14.4. The summed E-state index contributed by atoms with van der Waals surface area (Å²) in [5, 5.41) is 26.2. The summed E-state index contributed by atoms with van der Waals surface area (Å²) in [7, 11) is 9.01. The van der Waals surface area contributed by atoms with Gasteiger partial charge in [-0.05, 0) is 87.2 Å². The molecule has 0 aromatic heterocycles. The summed E-state index contributed by atoms with van der Waals surface area (Å²) < 4.78 is 16.7. The van der Waals surface area contributed by atoms with Crippen molar-refractivity contribution in [2.75, 3.05) is 48.5 Å². The van der Waals surface area contributed by atoms with Gasteiger partial charge in [0.15, 0.2) is 0 Å². The van der Waals surface area contributed by atoms with Gasteiger partial charge in [0.25, 0.3) is 0 Å². The molecule has 6 aromatic rings. The summed E-state index contributed by atoms with van der Waals surface area (Å²) in [6, 6.07) is 35.0. The van der Waals surface area contributed by atoms with E-state index in [-0.39, 0.29) is 17.8 Å². The van der Waals surface area contributed by atoms with E-state index < -0.39 is 0 Å². The fraction of sp³-hybridized carbons (Fsp3) is 0.273. The van der Waals surface area contributed by atoms with Gasteiger partial charge in [0.05, 0.1) is 33.4 Å². The van der Waals surface area contributed by atoms with Gasteiger partial charge in [0.2, 0.25) is 0 Å². The Balaban J connectivity index is 0.000000181. The molecule has 7 nitrogen and oxygen atoms in total. The summed E-state index contributed by atoms with van der Waals surface area (Å²) >= 11 is 6.25. The van der Waals surface area contributed by atoms with Gasteiger partial charge >= 0.3 is 0 Å². The first-order valence-electron chi connectivity index (χ1n) is 17.6. The van der Waals surface area contributed by atoms with Crippen LogP contribution in [-0.4, -0.2) is 68.5 Å². The molecule has 0 spiro atoms. The van der Waals surface area contributed by atoms with Gasteiger partial charge in [-0.1, -0.05) is 90.8 Å². The SMILES string of the molecule is COc1ccc2ccc(O)c(C(c3ccccc3OC)N3CCCCC3)c2c1.COc1ccccc1C(c1ccc2c(Cl)cccc2c1O)N(C)C. The molecule has 8 heteroatoms. The van der Waals surface area contributed by atoms with Crippen LogP contribution >= 0.6 is 11.6 Å². The third kappa shape index (κ3) is 7.49. The van der Waals surface area contributed by atoms with E-state index in [1.807, 2.05) is 111 Å². The summed E-state index contributed by atoms with van der Waals surface area (Å²) in [5.41, 5.74) is 3.82. The number of phenols is 2. The molecular weight excluding hydrogens is 672 g/mol.